The summed E-state index contributed by atoms with van der Waals surface area (Å²) in [6.45, 7) is 1.57. The van der Waals surface area contributed by atoms with E-state index in [9.17, 15) is 14.4 Å². The van der Waals surface area contributed by atoms with Gasteiger partial charge >= 0.3 is 5.97 Å². The SMILES string of the molecule is CCCC(=O)Nc1ccc(C(=O)COC(=O)/C=C/c2cccc(OC)c2)cc1. The first-order valence-electron chi connectivity index (χ1n) is 8.94. The summed E-state index contributed by atoms with van der Waals surface area (Å²) in [6, 6.07) is 13.7. The monoisotopic (exact) mass is 381 g/mol. The van der Waals surface area contributed by atoms with Crippen LogP contribution < -0.4 is 10.1 Å². The van der Waals surface area contributed by atoms with Crippen molar-refractivity contribution in [2.75, 3.05) is 19.0 Å². The Bertz CT molecular complexity index is 855. The molecule has 0 heterocycles. The number of carbonyl (C=O) groups is 3. The summed E-state index contributed by atoms with van der Waals surface area (Å²) in [6.07, 6.45) is 4.05. The van der Waals surface area contributed by atoms with Crippen LogP contribution in [0, 0.1) is 0 Å². The van der Waals surface area contributed by atoms with Gasteiger partial charge in [-0.2, -0.15) is 0 Å². The van der Waals surface area contributed by atoms with E-state index < -0.39 is 5.97 Å². The third-order valence-corrected chi connectivity index (χ3v) is 3.82. The van der Waals surface area contributed by atoms with Crippen molar-refractivity contribution >= 4 is 29.4 Å². The number of methoxy groups -OCH3 is 1. The molecule has 0 fully saturated rings. The van der Waals surface area contributed by atoms with Crippen molar-refractivity contribution in [3.63, 3.8) is 0 Å². The minimum atomic E-state index is -0.611. The second-order valence-electron chi connectivity index (χ2n) is 6.02. The number of ketones is 1. The zero-order chi connectivity index (χ0) is 20.4. The molecule has 0 aliphatic heterocycles. The summed E-state index contributed by atoms with van der Waals surface area (Å²) in [5.41, 5.74) is 1.80. The molecule has 6 heteroatoms. The van der Waals surface area contributed by atoms with Gasteiger partial charge < -0.3 is 14.8 Å². The van der Waals surface area contributed by atoms with Gasteiger partial charge in [-0.3, -0.25) is 9.59 Å². The molecule has 2 aromatic carbocycles. The van der Waals surface area contributed by atoms with Crippen LogP contribution >= 0.6 is 0 Å². The second-order valence-corrected chi connectivity index (χ2v) is 6.02. The molecule has 0 radical (unpaired) electrons. The average Bonchev–Trinajstić information content (AvgIpc) is 2.71. The highest BCUT2D eigenvalue weighted by atomic mass is 16.5. The van der Waals surface area contributed by atoms with Crippen molar-refractivity contribution in [1.29, 1.82) is 0 Å². The summed E-state index contributed by atoms with van der Waals surface area (Å²) in [5.74, 6) is -0.326. The molecule has 28 heavy (non-hydrogen) atoms. The van der Waals surface area contributed by atoms with Crippen molar-refractivity contribution < 1.29 is 23.9 Å². The first-order chi connectivity index (χ1) is 13.5. The van der Waals surface area contributed by atoms with Crippen LogP contribution in [0.2, 0.25) is 0 Å². The fraction of sp³-hybridized carbons (Fsp3) is 0.227. The molecule has 2 aromatic rings. The van der Waals surface area contributed by atoms with Crippen molar-refractivity contribution in [3.8, 4) is 5.75 Å². The highest BCUT2D eigenvalue weighted by Gasteiger charge is 2.09. The average molecular weight is 381 g/mol. The van der Waals surface area contributed by atoms with Crippen molar-refractivity contribution in [2.24, 2.45) is 0 Å². The summed E-state index contributed by atoms with van der Waals surface area (Å²) >= 11 is 0. The van der Waals surface area contributed by atoms with Crippen LogP contribution in [0.5, 0.6) is 5.75 Å². The summed E-state index contributed by atoms with van der Waals surface area (Å²) in [5, 5.41) is 2.75. The maximum absolute atomic E-state index is 12.1. The largest absolute Gasteiger partial charge is 0.497 e. The Morgan fingerprint density at radius 3 is 2.50 bits per heavy atom. The quantitative estimate of drug-likeness (QED) is 0.405. The Morgan fingerprint density at radius 2 is 1.82 bits per heavy atom. The molecule has 0 aliphatic rings. The van der Waals surface area contributed by atoms with Crippen molar-refractivity contribution in [2.45, 2.75) is 19.8 Å². The van der Waals surface area contributed by atoms with Crippen molar-refractivity contribution in [3.05, 3.63) is 65.7 Å². The molecule has 0 bridgehead atoms. The lowest BCUT2D eigenvalue weighted by atomic mass is 10.1. The summed E-state index contributed by atoms with van der Waals surface area (Å²) in [4.78, 5) is 35.5. The van der Waals surface area contributed by atoms with E-state index in [4.69, 9.17) is 9.47 Å². The van der Waals surface area contributed by atoms with E-state index in [-0.39, 0.29) is 18.3 Å². The van der Waals surface area contributed by atoms with E-state index in [0.717, 1.165) is 12.0 Å². The van der Waals surface area contributed by atoms with Gasteiger partial charge in [-0.15, -0.1) is 0 Å². The lowest BCUT2D eigenvalue weighted by molar-refractivity contribution is -0.136. The molecule has 2 rings (SSSR count). The maximum Gasteiger partial charge on any atom is 0.331 e. The highest BCUT2D eigenvalue weighted by Crippen LogP contribution is 2.14. The molecule has 0 saturated carbocycles. The molecule has 0 aromatic heterocycles. The molecule has 1 N–H and O–H groups in total. The number of esters is 1. The number of carbonyl (C=O) groups excluding carboxylic acids is 3. The Kier molecular flexibility index (Phi) is 7.96. The number of ether oxygens (including phenoxy) is 2. The number of amides is 1. The van der Waals surface area contributed by atoms with Gasteiger partial charge in [0.15, 0.2) is 12.4 Å². The molecule has 1 amide bonds. The summed E-state index contributed by atoms with van der Waals surface area (Å²) in [7, 11) is 1.56. The van der Waals surface area contributed by atoms with Crippen LogP contribution in [0.3, 0.4) is 0 Å². The fourth-order valence-corrected chi connectivity index (χ4v) is 2.37. The Hall–Kier alpha value is -3.41. The molecular formula is C22H23NO5. The zero-order valence-electron chi connectivity index (χ0n) is 15.9. The van der Waals surface area contributed by atoms with E-state index in [1.54, 1.807) is 49.6 Å². The van der Waals surface area contributed by atoms with Crippen LogP contribution in [-0.2, 0) is 14.3 Å². The minimum Gasteiger partial charge on any atom is -0.497 e. The van der Waals surface area contributed by atoms with E-state index in [1.807, 2.05) is 19.1 Å². The summed E-state index contributed by atoms with van der Waals surface area (Å²) < 4.78 is 10.1. The normalized spacial score (nSPS) is 10.5. The molecule has 6 nitrogen and oxygen atoms in total. The van der Waals surface area contributed by atoms with Gasteiger partial charge in [-0.05, 0) is 54.5 Å². The van der Waals surface area contributed by atoms with Gasteiger partial charge in [-0.25, -0.2) is 4.79 Å². The topological polar surface area (TPSA) is 81.7 Å². The third-order valence-electron chi connectivity index (χ3n) is 3.82. The Balaban J connectivity index is 1.84. The fourth-order valence-electron chi connectivity index (χ4n) is 2.37. The van der Waals surface area contributed by atoms with E-state index in [0.29, 0.717) is 23.4 Å². The lowest BCUT2D eigenvalue weighted by Gasteiger charge is -2.06. The highest BCUT2D eigenvalue weighted by molar-refractivity contribution is 5.99. The Labute approximate surface area is 164 Å². The molecular weight excluding hydrogens is 358 g/mol. The number of anilines is 1. The first kappa shape index (κ1) is 20.9. The number of benzene rings is 2. The lowest BCUT2D eigenvalue weighted by Crippen LogP contribution is -2.13. The van der Waals surface area contributed by atoms with Crippen LogP contribution in [-0.4, -0.2) is 31.4 Å². The van der Waals surface area contributed by atoms with Gasteiger partial charge in [0.25, 0.3) is 0 Å². The number of hydrogen-bond acceptors (Lipinski definition) is 5. The standard InChI is InChI=1S/C22H23NO5/c1-3-5-21(25)23-18-11-9-17(10-12-18)20(24)15-28-22(26)13-8-16-6-4-7-19(14-16)27-2/h4,6-14H,3,5,15H2,1-2H3,(H,23,25)/b13-8+. The number of hydrogen-bond donors (Lipinski definition) is 1. The molecule has 0 spiro atoms. The third kappa shape index (κ3) is 6.72. The minimum absolute atomic E-state index is 0.0710. The van der Waals surface area contributed by atoms with E-state index in [2.05, 4.69) is 5.32 Å². The molecule has 0 aliphatic carbocycles. The van der Waals surface area contributed by atoms with Gasteiger partial charge in [0.1, 0.15) is 5.75 Å². The second kappa shape index (κ2) is 10.7. The van der Waals surface area contributed by atoms with Gasteiger partial charge in [0.2, 0.25) is 5.91 Å². The van der Waals surface area contributed by atoms with Gasteiger partial charge in [0, 0.05) is 23.7 Å². The molecule has 0 saturated heterocycles. The van der Waals surface area contributed by atoms with Crippen LogP contribution in [0.25, 0.3) is 6.08 Å². The smallest absolute Gasteiger partial charge is 0.331 e. The van der Waals surface area contributed by atoms with Gasteiger partial charge in [-0.1, -0.05) is 19.1 Å². The molecule has 0 atom stereocenters. The predicted octanol–water partition coefficient (Wildman–Crippen LogP) is 3.87. The van der Waals surface area contributed by atoms with E-state index >= 15 is 0 Å². The number of nitrogens with one attached hydrogen (secondary N) is 1. The number of Topliss-reactive ketones (excluding diaryl/α,β-unsaturated/α-hetero) is 1. The number of rotatable bonds is 9. The van der Waals surface area contributed by atoms with E-state index in [1.165, 1.54) is 6.08 Å². The van der Waals surface area contributed by atoms with Crippen LogP contribution in [0.4, 0.5) is 5.69 Å². The maximum atomic E-state index is 12.1. The van der Waals surface area contributed by atoms with Gasteiger partial charge in [0.05, 0.1) is 7.11 Å². The van der Waals surface area contributed by atoms with Crippen LogP contribution in [0.1, 0.15) is 35.7 Å². The Morgan fingerprint density at radius 1 is 1.07 bits per heavy atom. The first-order valence-corrected chi connectivity index (χ1v) is 8.94. The molecule has 146 valence electrons. The van der Waals surface area contributed by atoms with Crippen LogP contribution in [0.15, 0.2) is 54.6 Å². The van der Waals surface area contributed by atoms with Crippen molar-refractivity contribution in [1.82, 2.24) is 0 Å². The predicted molar refractivity (Wildman–Crippen MR) is 107 cm³/mol. The zero-order valence-corrected chi connectivity index (χ0v) is 15.9. The molecule has 0 unspecified atom stereocenters.